The lowest BCUT2D eigenvalue weighted by Gasteiger charge is -2.05. The lowest BCUT2D eigenvalue weighted by atomic mass is 10.2. The summed E-state index contributed by atoms with van der Waals surface area (Å²) in [5.74, 6) is 0.126. The van der Waals surface area contributed by atoms with Gasteiger partial charge >= 0.3 is 5.69 Å². The van der Waals surface area contributed by atoms with Crippen molar-refractivity contribution in [2.75, 3.05) is 5.73 Å². The molecule has 0 spiro atoms. The molecule has 0 saturated heterocycles. The minimum absolute atomic E-state index is 0.126. The number of nitrogen functional groups attached to an aromatic ring is 1. The maximum atomic E-state index is 10.9. The summed E-state index contributed by atoms with van der Waals surface area (Å²) in [6, 6.07) is 5.11. The fourth-order valence-electron chi connectivity index (χ4n) is 1.37. The zero-order valence-corrected chi connectivity index (χ0v) is 9.59. The van der Waals surface area contributed by atoms with Crippen LogP contribution in [0, 0.1) is 0 Å². The zero-order chi connectivity index (χ0) is 11.7. The van der Waals surface area contributed by atoms with E-state index in [1.54, 1.807) is 18.2 Å². The van der Waals surface area contributed by atoms with Crippen molar-refractivity contribution < 1.29 is 0 Å². The van der Waals surface area contributed by atoms with Gasteiger partial charge in [-0.15, -0.1) is 0 Å². The van der Waals surface area contributed by atoms with E-state index < -0.39 is 5.69 Å². The molecule has 0 saturated carbocycles. The molecule has 0 fully saturated rings. The van der Waals surface area contributed by atoms with Gasteiger partial charge in [-0.1, -0.05) is 23.2 Å². The third-order valence-electron chi connectivity index (χ3n) is 1.99. The fraction of sp³-hybridized carbons (Fsp3) is 0.111. The number of rotatable bonds is 2. The number of nitrogens with one attached hydrogen (secondary N) is 1. The summed E-state index contributed by atoms with van der Waals surface area (Å²) in [6.45, 7) is 0.362. The summed E-state index contributed by atoms with van der Waals surface area (Å²) in [4.78, 5) is 14.4. The smallest absolute Gasteiger partial charge is 0.363 e. The van der Waals surface area contributed by atoms with Gasteiger partial charge in [-0.05, 0) is 23.8 Å². The number of aromatic amines is 1. The second kappa shape index (κ2) is 4.19. The molecule has 7 heteroatoms. The summed E-state index contributed by atoms with van der Waals surface area (Å²) in [7, 11) is 0. The molecule has 84 valence electrons. The molecule has 0 bridgehead atoms. The van der Waals surface area contributed by atoms with Gasteiger partial charge in [0.05, 0.1) is 6.54 Å². The van der Waals surface area contributed by atoms with Gasteiger partial charge in [0.2, 0.25) is 5.95 Å². The Bertz CT molecular complexity index is 555. The van der Waals surface area contributed by atoms with Crippen LogP contribution in [-0.2, 0) is 6.54 Å². The topological polar surface area (TPSA) is 76.7 Å². The lowest BCUT2D eigenvalue weighted by Crippen LogP contribution is -2.08. The third-order valence-corrected chi connectivity index (χ3v) is 2.42. The van der Waals surface area contributed by atoms with Crippen LogP contribution in [0.4, 0.5) is 5.95 Å². The van der Waals surface area contributed by atoms with Crippen molar-refractivity contribution in [2.45, 2.75) is 6.54 Å². The molecule has 0 radical (unpaired) electrons. The number of nitrogens with zero attached hydrogens (tertiary/aromatic N) is 2. The van der Waals surface area contributed by atoms with E-state index in [0.717, 1.165) is 5.56 Å². The quantitative estimate of drug-likeness (QED) is 0.858. The Hall–Kier alpha value is -1.46. The predicted molar refractivity (Wildman–Crippen MR) is 62.8 cm³/mol. The summed E-state index contributed by atoms with van der Waals surface area (Å²) in [5.41, 5.74) is 5.87. The molecule has 5 nitrogen and oxygen atoms in total. The third kappa shape index (κ3) is 2.37. The van der Waals surface area contributed by atoms with Crippen molar-refractivity contribution in [2.24, 2.45) is 0 Å². The van der Waals surface area contributed by atoms with Crippen LogP contribution in [0.3, 0.4) is 0 Å². The number of benzene rings is 1. The van der Waals surface area contributed by atoms with Gasteiger partial charge in [-0.25, -0.2) is 14.6 Å². The maximum Gasteiger partial charge on any atom is 0.363 e. The Morgan fingerprint density at radius 3 is 2.44 bits per heavy atom. The Balaban J connectivity index is 2.33. The van der Waals surface area contributed by atoms with Gasteiger partial charge in [0.1, 0.15) is 0 Å². The van der Waals surface area contributed by atoms with Gasteiger partial charge < -0.3 is 5.73 Å². The molecule has 0 unspecified atom stereocenters. The number of hydrogen-bond acceptors (Lipinski definition) is 3. The minimum Gasteiger partial charge on any atom is -0.368 e. The van der Waals surface area contributed by atoms with Crippen molar-refractivity contribution in [3.8, 4) is 0 Å². The first-order valence-electron chi connectivity index (χ1n) is 4.42. The Kier molecular flexibility index (Phi) is 2.89. The average Bonchev–Trinajstić information content (AvgIpc) is 2.43. The van der Waals surface area contributed by atoms with E-state index in [1.165, 1.54) is 4.68 Å². The monoisotopic (exact) mass is 258 g/mol. The van der Waals surface area contributed by atoms with Crippen LogP contribution in [0.2, 0.25) is 10.0 Å². The van der Waals surface area contributed by atoms with E-state index in [2.05, 4.69) is 10.1 Å². The Morgan fingerprint density at radius 1 is 1.31 bits per heavy atom. The molecule has 3 N–H and O–H groups in total. The first kappa shape index (κ1) is 11.0. The highest BCUT2D eigenvalue weighted by atomic mass is 35.5. The summed E-state index contributed by atoms with van der Waals surface area (Å²) >= 11 is 11.7. The van der Waals surface area contributed by atoms with Crippen molar-refractivity contribution in [1.82, 2.24) is 14.8 Å². The van der Waals surface area contributed by atoms with Crippen LogP contribution in [-0.4, -0.2) is 14.8 Å². The normalized spacial score (nSPS) is 10.6. The van der Waals surface area contributed by atoms with Gasteiger partial charge in [-0.3, -0.25) is 0 Å². The first-order chi connectivity index (χ1) is 7.54. The number of nitrogens with two attached hydrogens (primary N) is 1. The van der Waals surface area contributed by atoms with Crippen molar-refractivity contribution in [1.29, 1.82) is 0 Å². The van der Waals surface area contributed by atoms with Crippen LogP contribution >= 0.6 is 23.2 Å². The SMILES string of the molecule is Nc1nc(=O)[nH]n1Cc1cc(Cl)cc(Cl)c1. The van der Waals surface area contributed by atoms with E-state index in [1.807, 2.05) is 0 Å². The van der Waals surface area contributed by atoms with Crippen molar-refractivity contribution >= 4 is 29.2 Å². The number of halogens is 2. The Labute approximate surface area is 101 Å². The van der Waals surface area contributed by atoms with E-state index in [4.69, 9.17) is 28.9 Å². The highest BCUT2D eigenvalue weighted by Crippen LogP contribution is 2.19. The Morgan fingerprint density at radius 2 is 1.94 bits per heavy atom. The van der Waals surface area contributed by atoms with E-state index in [0.29, 0.717) is 16.6 Å². The highest BCUT2D eigenvalue weighted by Gasteiger charge is 2.04. The predicted octanol–water partition coefficient (Wildman–Crippen LogP) is 1.51. The minimum atomic E-state index is -0.481. The molecular formula is C9H8Cl2N4O. The fourth-order valence-corrected chi connectivity index (χ4v) is 1.94. The molecule has 0 amide bonds. The highest BCUT2D eigenvalue weighted by molar-refractivity contribution is 6.34. The summed E-state index contributed by atoms with van der Waals surface area (Å²) in [6.07, 6.45) is 0. The number of anilines is 1. The molecule has 0 aliphatic carbocycles. The molecule has 2 rings (SSSR count). The van der Waals surface area contributed by atoms with Crippen LogP contribution < -0.4 is 11.4 Å². The molecule has 0 aliphatic heterocycles. The van der Waals surface area contributed by atoms with Crippen LogP contribution in [0.25, 0.3) is 0 Å². The summed E-state index contributed by atoms with van der Waals surface area (Å²) < 4.78 is 1.42. The first-order valence-corrected chi connectivity index (χ1v) is 5.17. The van der Waals surface area contributed by atoms with E-state index in [-0.39, 0.29) is 5.95 Å². The molecule has 16 heavy (non-hydrogen) atoms. The van der Waals surface area contributed by atoms with Gasteiger partial charge in [-0.2, -0.15) is 4.98 Å². The van der Waals surface area contributed by atoms with Crippen LogP contribution in [0.15, 0.2) is 23.0 Å². The van der Waals surface area contributed by atoms with Gasteiger partial charge in [0.15, 0.2) is 0 Å². The zero-order valence-electron chi connectivity index (χ0n) is 8.08. The molecule has 1 aromatic carbocycles. The molecule has 1 heterocycles. The van der Waals surface area contributed by atoms with Crippen molar-refractivity contribution in [3.63, 3.8) is 0 Å². The number of hydrogen-bond donors (Lipinski definition) is 2. The number of H-pyrrole nitrogens is 1. The molecular weight excluding hydrogens is 251 g/mol. The standard InChI is InChI=1S/C9H8Cl2N4O/c10-6-1-5(2-7(11)3-6)4-15-8(12)13-9(16)14-15/h1-3H,4H2,(H3,12,13,14,16). The second-order valence-electron chi connectivity index (χ2n) is 3.25. The molecule has 1 aromatic heterocycles. The molecule has 0 atom stereocenters. The average molecular weight is 259 g/mol. The van der Waals surface area contributed by atoms with Gasteiger partial charge in [0, 0.05) is 10.0 Å². The van der Waals surface area contributed by atoms with E-state index >= 15 is 0 Å². The molecule has 2 aromatic rings. The summed E-state index contributed by atoms with van der Waals surface area (Å²) in [5, 5.41) is 3.53. The van der Waals surface area contributed by atoms with Crippen LogP contribution in [0.1, 0.15) is 5.56 Å². The van der Waals surface area contributed by atoms with E-state index in [9.17, 15) is 4.79 Å². The molecule has 0 aliphatic rings. The maximum absolute atomic E-state index is 10.9. The van der Waals surface area contributed by atoms with Crippen LogP contribution in [0.5, 0.6) is 0 Å². The largest absolute Gasteiger partial charge is 0.368 e. The second-order valence-corrected chi connectivity index (χ2v) is 4.12. The lowest BCUT2D eigenvalue weighted by molar-refractivity contribution is 0.689. The van der Waals surface area contributed by atoms with Crippen molar-refractivity contribution in [3.05, 3.63) is 44.3 Å². The van der Waals surface area contributed by atoms with Gasteiger partial charge in [0.25, 0.3) is 0 Å². The number of aromatic nitrogens is 3.